The van der Waals surface area contributed by atoms with Crippen LogP contribution in [0.1, 0.15) is 62.0 Å². The molecule has 0 unspecified atom stereocenters. The van der Waals surface area contributed by atoms with Crippen LogP contribution in [-0.2, 0) is 13.1 Å². The van der Waals surface area contributed by atoms with Crippen molar-refractivity contribution in [3.05, 3.63) is 70.3 Å². The van der Waals surface area contributed by atoms with Crippen molar-refractivity contribution in [2.75, 3.05) is 20.6 Å². The standard InChI is InChI=1S/C23H27N3O3/c1-4-5-12-26-22(28)19-11-10-18(13-20(19)23(26)29)21(27)24-14-16-6-8-17(9-7-16)15-25(2)3/h6-11,13H,4-5,12,14-15H2,1-3H3,(H,24,27)/p+1. The third-order valence-corrected chi connectivity index (χ3v) is 5.00. The fourth-order valence-corrected chi connectivity index (χ4v) is 3.42. The minimum atomic E-state index is -0.313. The molecule has 0 aliphatic carbocycles. The molecule has 0 fully saturated rings. The van der Waals surface area contributed by atoms with E-state index in [9.17, 15) is 14.4 Å². The average Bonchev–Trinajstić information content (AvgIpc) is 2.95. The number of nitrogens with one attached hydrogen (secondary N) is 2. The summed E-state index contributed by atoms with van der Waals surface area (Å²) in [5, 5.41) is 2.88. The summed E-state index contributed by atoms with van der Waals surface area (Å²) < 4.78 is 0. The van der Waals surface area contributed by atoms with Gasteiger partial charge in [0.1, 0.15) is 6.54 Å². The normalized spacial score (nSPS) is 13.2. The van der Waals surface area contributed by atoms with E-state index in [-0.39, 0.29) is 17.7 Å². The molecule has 6 nitrogen and oxygen atoms in total. The van der Waals surface area contributed by atoms with Gasteiger partial charge < -0.3 is 10.2 Å². The molecular weight excluding hydrogens is 366 g/mol. The lowest BCUT2D eigenvalue weighted by molar-refractivity contribution is -0.872. The Kier molecular flexibility index (Phi) is 6.44. The molecule has 29 heavy (non-hydrogen) atoms. The van der Waals surface area contributed by atoms with Crippen LogP contribution in [-0.4, -0.2) is 43.3 Å². The van der Waals surface area contributed by atoms with Crippen LogP contribution in [0, 0.1) is 0 Å². The number of imide groups is 1. The van der Waals surface area contributed by atoms with Gasteiger partial charge in [0, 0.05) is 24.2 Å². The van der Waals surface area contributed by atoms with Gasteiger partial charge in [-0.1, -0.05) is 37.6 Å². The van der Waals surface area contributed by atoms with Crippen LogP contribution < -0.4 is 10.2 Å². The molecule has 1 heterocycles. The van der Waals surface area contributed by atoms with Gasteiger partial charge in [-0.2, -0.15) is 0 Å². The first-order chi connectivity index (χ1) is 13.9. The second-order valence-electron chi connectivity index (χ2n) is 7.76. The zero-order valence-electron chi connectivity index (χ0n) is 17.2. The molecule has 0 radical (unpaired) electrons. The largest absolute Gasteiger partial charge is 0.348 e. The molecule has 2 aromatic carbocycles. The molecule has 0 spiro atoms. The first-order valence-corrected chi connectivity index (χ1v) is 10.1. The van der Waals surface area contributed by atoms with Crippen LogP contribution in [0.15, 0.2) is 42.5 Å². The topological polar surface area (TPSA) is 70.9 Å². The molecule has 2 N–H and O–H groups in total. The number of fused-ring (bicyclic) bond motifs is 1. The summed E-state index contributed by atoms with van der Waals surface area (Å²) in [6.07, 6.45) is 1.67. The van der Waals surface area contributed by atoms with Crippen molar-refractivity contribution in [1.29, 1.82) is 0 Å². The highest BCUT2D eigenvalue weighted by atomic mass is 16.2. The van der Waals surface area contributed by atoms with Crippen molar-refractivity contribution in [2.24, 2.45) is 0 Å². The molecule has 152 valence electrons. The number of carbonyl (C=O) groups excluding carboxylic acids is 3. The monoisotopic (exact) mass is 394 g/mol. The molecule has 6 heteroatoms. The second kappa shape index (κ2) is 9.01. The van der Waals surface area contributed by atoms with Crippen molar-refractivity contribution in [1.82, 2.24) is 10.2 Å². The number of amides is 3. The van der Waals surface area contributed by atoms with Gasteiger partial charge in [-0.3, -0.25) is 19.3 Å². The summed E-state index contributed by atoms with van der Waals surface area (Å²) in [6.45, 7) is 3.78. The molecule has 0 saturated heterocycles. The lowest BCUT2D eigenvalue weighted by Crippen LogP contribution is -3.04. The van der Waals surface area contributed by atoms with Crippen LogP contribution in [0.3, 0.4) is 0 Å². The Labute approximate surface area is 171 Å². The first-order valence-electron chi connectivity index (χ1n) is 10.1. The zero-order chi connectivity index (χ0) is 21.0. The van der Waals surface area contributed by atoms with Crippen molar-refractivity contribution in [3.8, 4) is 0 Å². The SMILES string of the molecule is CCCCN1C(=O)c2ccc(C(=O)NCc3ccc(C[NH+](C)C)cc3)cc2C1=O. The van der Waals surface area contributed by atoms with Gasteiger partial charge in [0.25, 0.3) is 17.7 Å². The number of rotatable bonds is 8. The van der Waals surface area contributed by atoms with E-state index in [4.69, 9.17) is 0 Å². The number of hydrogen-bond donors (Lipinski definition) is 2. The van der Waals surface area contributed by atoms with E-state index in [1.807, 2.05) is 19.1 Å². The number of carbonyl (C=O) groups is 3. The molecule has 1 aliphatic rings. The molecule has 0 aromatic heterocycles. The summed E-state index contributed by atoms with van der Waals surface area (Å²) >= 11 is 0. The number of nitrogens with zero attached hydrogens (tertiary/aromatic N) is 1. The van der Waals surface area contributed by atoms with Crippen LogP contribution in [0.25, 0.3) is 0 Å². The molecule has 0 saturated carbocycles. The number of hydrogen-bond acceptors (Lipinski definition) is 3. The predicted molar refractivity (Wildman–Crippen MR) is 111 cm³/mol. The zero-order valence-corrected chi connectivity index (χ0v) is 17.2. The van der Waals surface area contributed by atoms with Crippen molar-refractivity contribution in [2.45, 2.75) is 32.9 Å². The molecule has 3 rings (SSSR count). The fraction of sp³-hybridized carbons (Fsp3) is 0.348. The summed E-state index contributed by atoms with van der Waals surface area (Å²) in [5.41, 5.74) is 3.33. The average molecular weight is 394 g/mol. The Balaban J connectivity index is 1.65. The molecule has 2 aromatic rings. The Morgan fingerprint density at radius 1 is 0.966 bits per heavy atom. The lowest BCUT2D eigenvalue weighted by atomic mass is 10.1. The minimum absolute atomic E-state index is 0.262. The minimum Gasteiger partial charge on any atom is -0.348 e. The predicted octanol–water partition coefficient (Wildman–Crippen LogP) is 1.66. The van der Waals surface area contributed by atoms with Crippen LogP contribution >= 0.6 is 0 Å². The van der Waals surface area contributed by atoms with Crippen LogP contribution in [0.4, 0.5) is 0 Å². The first kappa shape index (κ1) is 20.7. The maximum absolute atomic E-state index is 12.5. The van der Waals surface area contributed by atoms with E-state index in [0.29, 0.717) is 29.8 Å². The second-order valence-corrected chi connectivity index (χ2v) is 7.76. The van der Waals surface area contributed by atoms with E-state index in [2.05, 4.69) is 31.5 Å². The van der Waals surface area contributed by atoms with E-state index in [0.717, 1.165) is 24.9 Å². The molecule has 3 amide bonds. The van der Waals surface area contributed by atoms with E-state index < -0.39 is 0 Å². The van der Waals surface area contributed by atoms with Gasteiger partial charge in [0.15, 0.2) is 0 Å². The number of unbranched alkanes of at least 4 members (excludes halogenated alkanes) is 1. The number of quaternary nitrogens is 1. The quantitative estimate of drug-likeness (QED) is 0.669. The van der Waals surface area contributed by atoms with Crippen LogP contribution in [0.2, 0.25) is 0 Å². The summed E-state index contributed by atoms with van der Waals surface area (Å²) in [6, 6.07) is 12.9. The third-order valence-electron chi connectivity index (χ3n) is 5.00. The Morgan fingerprint density at radius 3 is 2.28 bits per heavy atom. The summed E-state index contributed by atoms with van der Waals surface area (Å²) in [4.78, 5) is 40.1. The van der Waals surface area contributed by atoms with Gasteiger partial charge >= 0.3 is 0 Å². The van der Waals surface area contributed by atoms with Gasteiger partial charge in [-0.05, 0) is 30.2 Å². The molecule has 0 bridgehead atoms. The highest BCUT2D eigenvalue weighted by Gasteiger charge is 2.35. The van der Waals surface area contributed by atoms with Crippen LogP contribution in [0.5, 0.6) is 0 Å². The maximum atomic E-state index is 12.5. The van der Waals surface area contributed by atoms with Crippen molar-refractivity contribution < 1.29 is 19.3 Å². The molecular formula is C23H28N3O3+. The Hall–Kier alpha value is -2.99. The fourth-order valence-electron chi connectivity index (χ4n) is 3.42. The summed E-state index contributed by atoms with van der Waals surface area (Å²) in [7, 11) is 4.21. The maximum Gasteiger partial charge on any atom is 0.261 e. The van der Waals surface area contributed by atoms with Gasteiger partial charge in [0.2, 0.25) is 0 Å². The lowest BCUT2D eigenvalue weighted by Gasteiger charge is -2.12. The van der Waals surface area contributed by atoms with Crippen molar-refractivity contribution in [3.63, 3.8) is 0 Å². The smallest absolute Gasteiger partial charge is 0.261 e. The Morgan fingerprint density at radius 2 is 1.62 bits per heavy atom. The molecule has 0 atom stereocenters. The van der Waals surface area contributed by atoms with E-state index in [1.165, 1.54) is 21.4 Å². The third kappa shape index (κ3) is 4.71. The molecule has 1 aliphatic heterocycles. The highest BCUT2D eigenvalue weighted by molar-refractivity contribution is 6.22. The van der Waals surface area contributed by atoms with Gasteiger partial charge in [0.05, 0.1) is 25.2 Å². The summed E-state index contributed by atoms with van der Waals surface area (Å²) in [5.74, 6) is -0.848. The van der Waals surface area contributed by atoms with Gasteiger partial charge in [-0.15, -0.1) is 0 Å². The van der Waals surface area contributed by atoms with Crippen molar-refractivity contribution >= 4 is 17.7 Å². The van der Waals surface area contributed by atoms with E-state index >= 15 is 0 Å². The number of benzene rings is 2. The highest BCUT2D eigenvalue weighted by Crippen LogP contribution is 2.24. The van der Waals surface area contributed by atoms with Gasteiger partial charge in [-0.25, -0.2) is 0 Å². The van der Waals surface area contributed by atoms with E-state index in [1.54, 1.807) is 12.1 Å². The Bertz CT molecular complexity index is 919.